The molecule has 0 unspecified atom stereocenters. The van der Waals surface area contributed by atoms with Crippen LogP contribution in [0.5, 0.6) is 5.75 Å². The molecule has 1 aliphatic heterocycles. The number of aromatic nitrogens is 1. The van der Waals surface area contributed by atoms with E-state index in [1.165, 1.54) is 28.8 Å². The number of amides is 1. The van der Waals surface area contributed by atoms with Gasteiger partial charge in [0.05, 0.1) is 10.6 Å². The number of benzene rings is 1. The summed E-state index contributed by atoms with van der Waals surface area (Å²) < 4.78 is 2.43. The molecule has 4 nitrogen and oxygen atoms in total. The Balaban J connectivity index is 1.94. The van der Waals surface area contributed by atoms with Gasteiger partial charge in [0, 0.05) is 18.9 Å². The van der Waals surface area contributed by atoms with Crippen LogP contribution >= 0.6 is 24.0 Å². The van der Waals surface area contributed by atoms with Gasteiger partial charge in [-0.2, -0.15) is 0 Å². The number of phenolic OH excluding ortho intramolecular Hbond substituents is 1. The Bertz CT molecular complexity index is 747. The molecular formula is C15H12N2O2S2. The Kier molecular flexibility index (Phi) is 3.57. The van der Waals surface area contributed by atoms with Gasteiger partial charge in [0.1, 0.15) is 5.75 Å². The number of thioether (sulfide) groups is 1. The Morgan fingerprint density at radius 1 is 1.24 bits per heavy atom. The highest BCUT2D eigenvalue weighted by atomic mass is 32.2. The molecule has 6 heteroatoms. The molecule has 1 aromatic heterocycles. The molecule has 1 aromatic carbocycles. The zero-order valence-corrected chi connectivity index (χ0v) is 12.8. The fourth-order valence-corrected chi connectivity index (χ4v) is 3.33. The summed E-state index contributed by atoms with van der Waals surface area (Å²) in [7, 11) is 1.92. The van der Waals surface area contributed by atoms with E-state index >= 15 is 0 Å². The van der Waals surface area contributed by atoms with Gasteiger partial charge in [-0.05, 0) is 42.5 Å². The second-order valence-electron chi connectivity index (χ2n) is 4.58. The third-order valence-corrected chi connectivity index (χ3v) is 4.47. The average molecular weight is 316 g/mol. The predicted octanol–water partition coefficient (Wildman–Crippen LogP) is 3.14. The Hall–Kier alpha value is -2.05. The number of thiocarbonyl (C=S) groups is 1. The quantitative estimate of drug-likeness (QED) is 0.683. The number of aryl methyl sites for hydroxylation is 1. The van der Waals surface area contributed by atoms with Crippen molar-refractivity contribution in [2.75, 3.05) is 4.90 Å². The van der Waals surface area contributed by atoms with Crippen molar-refractivity contribution < 1.29 is 9.90 Å². The largest absolute Gasteiger partial charge is 0.508 e. The lowest BCUT2D eigenvalue weighted by Gasteiger charge is -2.14. The molecule has 1 N–H and O–H groups in total. The van der Waals surface area contributed by atoms with Crippen molar-refractivity contribution in [3.8, 4) is 5.75 Å². The average Bonchev–Trinajstić information content (AvgIpc) is 2.97. The van der Waals surface area contributed by atoms with Crippen molar-refractivity contribution in [3.63, 3.8) is 0 Å². The van der Waals surface area contributed by atoms with Crippen molar-refractivity contribution in [2.45, 2.75) is 0 Å². The highest BCUT2D eigenvalue weighted by molar-refractivity contribution is 8.27. The number of aromatic hydroxyl groups is 1. The van der Waals surface area contributed by atoms with Crippen LogP contribution in [0.2, 0.25) is 0 Å². The van der Waals surface area contributed by atoms with Gasteiger partial charge in [0.15, 0.2) is 4.32 Å². The van der Waals surface area contributed by atoms with Crippen LogP contribution in [0.4, 0.5) is 5.69 Å². The number of hydrogen-bond acceptors (Lipinski definition) is 4. The van der Waals surface area contributed by atoms with Gasteiger partial charge in [-0.1, -0.05) is 24.0 Å². The summed E-state index contributed by atoms with van der Waals surface area (Å²) in [5.74, 6) is 0.0143. The zero-order valence-electron chi connectivity index (χ0n) is 11.2. The highest BCUT2D eigenvalue weighted by Gasteiger charge is 2.33. The Morgan fingerprint density at radius 2 is 1.95 bits per heavy atom. The van der Waals surface area contributed by atoms with E-state index in [1.807, 2.05) is 36.0 Å². The Labute approximate surface area is 131 Å². The number of anilines is 1. The second kappa shape index (κ2) is 5.38. The molecule has 0 radical (unpaired) electrons. The summed E-state index contributed by atoms with van der Waals surface area (Å²) in [4.78, 5) is 14.6. The van der Waals surface area contributed by atoms with Gasteiger partial charge in [0.25, 0.3) is 5.91 Å². The number of carbonyl (C=O) groups excluding carboxylic acids is 1. The molecule has 3 rings (SSSR count). The normalized spacial score (nSPS) is 17.0. The summed E-state index contributed by atoms with van der Waals surface area (Å²) in [5.41, 5.74) is 1.60. The lowest BCUT2D eigenvalue weighted by atomic mass is 10.2. The molecule has 2 aromatic rings. The maximum absolute atomic E-state index is 12.5. The van der Waals surface area contributed by atoms with Crippen LogP contribution in [0.3, 0.4) is 0 Å². The van der Waals surface area contributed by atoms with Crippen LogP contribution in [-0.4, -0.2) is 19.9 Å². The maximum Gasteiger partial charge on any atom is 0.270 e. The molecule has 1 aliphatic rings. The van der Waals surface area contributed by atoms with Crippen molar-refractivity contribution >= 4 is 46.0 Å². The minimum absolute atomic E-state index is 0.142. The van der Waals surface area contributed by atoms with Crippen LogP contribution in [0.1, 0.15) is 5.69 Å². The van der Waals surface area contributed by atoms with E-state index in [1.54, 1.807) is 12.1 Å². The highest BCUT2D eigenvalue weighted by Crippen LogP contribution is 2.36. The summed E-state index contributed by atoms with van der Waals surface area (Å²) in [6, 6.07) is 10.3. The van der Waals surface area contributed by atoms with Crippen molar-refractivity contribution in [1.29, 1.82) is 0 Å². The first-order chi connectivity index (χ1) is 10.1. The first-order valence-electron chi connectivity index (χ1n) is 6.24. The van der Waals surface area contributed by atoms with Crippen LogP contribution in [0.25, 0.3) is 6.08 Å². The molecule has 0 spiro atoms. The summed E-state index contributed by atoms with van der Waals surface area (Å²) >= 11 is 6.58. The van der Waals surface area contributed by atoms with Gasteiger partial charge in [0.2, 0.25) is 0 Å². The van der Waals surface area contributed by atoms with Crippen molar-refractivity contribution in [3.05, 3.63) is 53.2 Å². The maximum atomic E-state index is 12.5. The molecule has 0 bridgehead atoms. The molecule has 1 saturated heterocycles. The first-order valence-corrected chi connectivity index (χ1v) is 7.47. The predicted molar refractivity (Wildman–Crippen MR) is 89.2 cm³/mol. The minimum Gasteiger partial charge on any atom is -0.508 e. The molecule has 0 atom stereocenters. The fraction of sp³-hybridized carbons (Fsp3) is 0.0667. The van der Waals surface area contributed by atoms with E-state index in [2.05, 4.69) is 0 Å². The molecule has 106 valence electrons. The third kappa shape index (κ3) is 2.59. The van der Waals surface area contributed by atoms with Crippen LogP contribution in [0.15, 0.2) is 47.5 Å². The lowest BCUT2D eigenvalue weighted by Crippen LogP contribution is -2.27. The Morgan fingerprint density at radius 3 is 2.57 bits per heavy atom. The van der Waals surface area contributed by atoms with E-state index < -0.39 is 0 Å². The molecule has 1 fully saturated rings. The monoisotopic (exact) mass is 316 g/mol. The van der Waals surface area contributed by atoms with Gasteiger partial charge >= 0.3 is 0 Å². The van der Waals surface area contributed by atoms with Crippen molar-refractivity contribution in [2.24, 2.45) is 7.05 Å². The SMILES string of the molecule is Cn1cccc1/C=C1\SC(=S)N(c2ccc(O)cc2)C1=O. The van der Waals surface area contributed by atoms with Gasteiger partial charge < -0.3 is 9.67 Å². The van der Waals surface area contributed by atoms with Crippen molar-refractivity contribution in [1.82, 2.24) is 4.57 Å². The number of phenols is 1. The van der Waals surface area contributed by atoms with E-state index in [9.17, 15) is 9.90 Å². The molecule has 2 heterocycles. The lowest BCUT2D eigenvalue weighted by molar-refractivity contribution is -0.113. The zero-order chi connectivity index (χ0) is 15.0. The summed E-state index contributed by atoms with van der Waals surface area (Å²) in [5, 5.41) is 9.33. The summed E-state index contributed by atoms with van der Waals surface area (Å²) in [6.07, 6.45) is 3.76. The van der Waals surface area contributed by atoms with E-state index in [4.69, 9.17) is 12.2 Å². The molecular weight excluding hydrogens is 304 g/mol. The summed E-state index contributed by atoms with van der Waals surface area (Å²) in [6.45, 7) is 0. The minimum atomic E-state index is -0.142. The molecule has 0 aliphatic carbocycles. The van der Waals surface area contributed by atoms with E-state index in [0.717, 1.165) is 5.69 Å². The van der Waals surface area contributed by atoms with E-state index in [0.29, 0.717) is 14.9 Å². The number of hydrogen-bond donors (Lipinski definition) is 1. The van der Waals surface area contributed by atoms with Crippen LogP contribution < -0.4 is 4.90 Å². The van der Waals surface area contributed by atoms with Gasteiger partial charge in [-0.15, -0.1) is 0 Å². The number of carbonyl (C=O) groups is 1. The second-order valence-corrected chi connectivity index (χ2v) is 6.25. The fourth-order valence-electron chi connectivity index (χ4n) is 2.05. The number of nitrogens with zero attached hydrogens (tertiary/aromatic N) is 2. The number of rotatable bonds is 2. The van der Waals surface area contributed by atoms with E-state index in [-0.39, 0.29) is 11.7 Å². The van der Waals surface area contributed by atoms with Crippen LogP contribution in [-0.2, 0) is 11.8 Å². The third-order valence-electron chi connectivity index (χ3n) is 3.16. The molecule has 0 saturated carbocycles. The molecule has 1 amide bonds. The smallest absolute Gasteiger partial charge is 0.270 e. The van der Waals surface area contributed by atoms with Crippen LogP contribution in [0, 0.1) is 0 Å². The topological polar surface area (TPSA) is 45.5 Å². The standard InChI is InChI=1S/C15H12N2O2S2/c1-16-8-2-3-11(16)9-13-14(19)17(15(20)21-13)10-4-6-12(18)7-5-10/h2-9,18H,1H3/b13-9-. The first kappa shape index (κ1) is 13.9. The van der Waals surface area contributed by atoms with Gasteiger partial charge in [-0.3, -0.25) is 9.69 Å². The van der Waals surface area contributed by atoms with Gasteiger partial charge in [-0.25, -0.2) is 0 Å². The molecule has 21 heavy (non-hydrogen) atoms.